The Morgan fingerprint density at radius 3 is 2.60 bits per heavy atom. The molecule has 1 aromatic rings. The van der Waals surface area contributed by atoms with Crippen LogP contribution in [0.25, 0.3) is 0 Å². The molecule has 2 heteroatoms. The van der Waals surface area contributed by atoms with Gasteiger partial charge in [-0.15, -0.1) is 12.6 Å². The lowest BCUT2D eigenvalue weighted by Gasteiger charge is -2.02. The highest BCUT2D eigenvalue weighted by atomic mass is 32.1. The molecule has 0 saturated carbocycles. The Morgan fingerprint density at radius 1 is 1.40 bits per heavy atom. The van der Waals surface area contributed by atoms with E-state index in [1.54, 1.807) is 7.11 Å². The molecule has 0 aliphatic heterocycles. The molecule has 0 amide bonds. The molecule has 0 saturated heterocycles. The maximum absolute atomic E-state index is 5.05. The van der Waals surface area contributed by atoms with Crippen molar-refractivity contribution in [1.29, 1.82) is 0 Å². The molecule has 10 heavy (non-hydrogen) atoms. The number of ether oxygens (including phenoxy) is 1. The van der Waals surface area contributed by atoms with E-state index in [-0.39, 0.29) is 0 Å². The molecule has 0 aromatic heterocycles. The lowest BCUT2D eigenvalue weighted by atomic mass is 10.2. The van der Waals surface area contributed by atoms with Crippen LogP contribution in [0.2, 0.25) is 0 Å². The highest BCUT2D eigenvalue weighted by Crippen LogP contribution is 2.22. The number of aryl methyl sites for hydroxylation is 1. The predicted octanol–water partition coefficient (Wildman–Crippen LogP) is 2.29. The van der Waals surface area contributed by atoms with Gasteiger partial charge in [-0.2, -0.15) is 0 Å². The average Bonchev–Trinajstić information content (AvgIpc) is 1.94. The first-order valence-electron chi connectivity index (χ1n) is 3.07. The molecule has 0 bridgehead atoms. The van der Waals surface area contributed by atoms with Gasteiger partial charge in [0.1, 0.15) is 5.75 Å². The Balaban J connectivity index is 3.09. The molecule has 0 fully saturated rings. The zero-order chi connectivity index (χ0) is 7.56. The van der Waals surface area contributed by atoms with Crippen molar-refractivity contribution in [2.75, 3.05) is 7.11 Å². The monoisotopic (exact) mass is 154 g/mol. The molecule has 0 unspecified atom stereocenters. The summed E-state index contributed by atoms with van der Waals surface area (Å²) < 4.78 is 5.05. The van der Waals surface area contributed by atoms with Crippen LogP contribution in [0.5, 0.6) is 5.75 Å². The third-order valence-corrected chi connectivity index (χ3v) is 1.70. The summed E-state index contributed by atoms with van der Waals surface area (Å²) in [5.41, 5.74) is 1.19. The first kappa shape index (κ1) is 7.48. The van der Waals surface area contributed by atoms with Gasteiger partial charge in [-0.05, 0) is 24.6 Å². The van der Waals surface area contributed by atoms with Crippen LogP contribution in [0.15, 0.2) is 23.1 Å². The van der Waals surface area contributed by atoms with Crippen LogP contribution in [0.4, 0.5) is 0 Å². The fourth-order valence-corrected chi connectivity index (χ4v) is 1.02. The molecule has 0 spiro atoms. The molecule has 0 radical (unpaired) electrons. The number of methoxy groups -OCH3 is 1. The maximum atomic E-state index is 5.05. The van der Waals surface area contributed by atoms with Gasteiger partial charge in [0, 0.05) is 4.90 Å². The Bertz CT molecular complexity index is 233. The van der Waals surface area contributed by atoms with E-state index >= 15 is 0 Å². The van der Waals surface area contributed by atoms with Crippen molar-refractivity contribution in [3.8, 4) is 5.75 Å². The van der Waals surface area contributed by atoms with Crippen LogP contribution < -0.4 is 4.74 Å². The number of benzene rings is 1. The Hall–Kier alpha value is -0.630. The zero-order valence-electron chi connectivity index (χ0n) is 6.09. The third kappa shape index (κ3) is 1.45. The largest absolute Gasteiger partial charge is 0.496 e. The summed E-state index contributed by atoms with van der Waals surface area (Å²) >= 11 is 4.20. The molecule has 0 aliphatic rings. The Morgan fingerprint density at radius 2 is 2.10 bits per heavy atom. The fourth-order valence-electron chi connectivity index (χ4n) is 0.785. The second-order valence-electron chi connectivity index (χ2n) is 2.18. The number of hydrogen-bond donors (Lipinski definition) is 1. The topological polar surface area (TPSA) is 9.23 Å². The standard InChI is InChI=1S/C8H10OS/c1-6-3-4-8(10)7(5-6)9-2/h3-5,10H,1-2H3. The van der Waals surface area contributed by atoms with E-state index in [0.717, 1.165) is 10.6 Å². The fraction of sp³-hybridized carbons (Fsp3) is 0.250. The predicted molar refractivity (Wildman–Crippen MR) is 45.0 cm³/mol. The summed E-state index contributed by atoms with van der Waals surface area (Å²) in [5, 5.41) is 0. The van der Waals surface area contributed by atoms with Crippen molar-refractivity contribution in [2.24, 2.45) is 0 Å². The smallest absolute Gasteiger partial charge is 0.132 e. The first-order chi connectivity index (χ1) is 4.74. The average molecular weight is 154 g/mol. The molecule has 1 aromatic carbocycles. The summed E-state index contributed by atoms with van der Waals surface area (Å²) in [6, 6.07) is 5.89. The summed E-state index contributed by atoms with van der Waals surface area (Å²) in [6.45, 7) is 2.02. The van der Waals surface area contributed by atoms with E-state index in [9.17, 15) is 0 Å². The lowest BCUT2D eigenvalue weighted by Crippen LogP contribution is -1.84. The number of hydrogen-bond acceptors (Lipinski definition) is 2. The molecule has 0 heterocycles. The SMILES string of the molecule is COc1cc(C)ccc1S. The minimum absolute atomic E-state index is 0.836. The highest BCUT2D eigenvalue weighted by molar-refractivity contribution is 7.80. The van der Waals surface area contributed by atoms with Crippen LogP contribution in [0.3, 0.4) is 0 Å². The normalized spacial score (nSPS) is 9.50. The van der Waals surface area contributed by atoms with Crippen LogP contribution in [0, 0.1) is 6.92 Å². The molecular weight excluding hydrogens is 144 g/mol. The van der Waals surface area contributed by atoms with Gasteiger partial charge in [0.2, 0.25) is 0 Å². The van der Waals surface area contributed by atoms with E-state index in [0.29, 0.717) is 0 Å². The third-order valence-electron chi connectivity index (χ3n) is 1.34. The Kier molecular flexibility index (Phi) is 2.22. The van der Waals surface area contributed by atoms with E-state index < -0.39 is 0 Å². The van der Waals surface area contributed by atoms with Crippen LogP contribution in [-0.4, -0.2) is 7.11 Å². The van der Waals surface area contributed by atoms with Gasteiger partial charge in [-0.25, -0.2) is 0 Å². The van der Waals surface area contributed by atoms with Gasteiger partial charge in [0.15, 0.2) is 0 Å². The van der Waals surface area contributed by atoms with Crippen molar-refractivity contribution in [3.05, 3.63) is 23.8 Å². The van der Waals surface area contributed by atoms with Crippen molar-refractivity contribution < 1.29 is 4.74 Å². The van der Waals surface area contributed by atoms with Crippen molar-refractivity contribution in [1.82, 2.24) is 0 Å². The van der Waals surface area contributed by atoms with E-state index in [1.807, 2.05) is 25.1 Å². The first-order valence-corrected chi connectivity index (χ1v) is 3.52. The highest BCUT2D eigenvalue weighted by Gasteiger charge is 1.95. The Labute approximate surface area is 66.4 Å². The molecule has 1 nitrogen and oxygen atoms in total. The molecular formula is C8H10OS. The summed E-state index contributed by atoms with van der Waals surface area (Å²) in [4.78, 5) is 0.883. The van der Waals surface area contributed by atoms with Gasteiger partial charge < -0.3 is 4.74 Å². The van der Waals surface area contributed by atoms with Crippen LogP contribution >= 0.6 is 12.6 Å². The zero-order valence-corrected chi connectivity index (χ0v) is 6.98. The summed E-state index contributed by atoms with van der Waals surface area (Å²) in [7, 11) is 1.65. The number of rotatable bonds is 1. The van der Waals surface area contributed by atoms with Gasteiger partial charge in [-0.1, -0.05) is 6.07 Å². The quantitative estimate of drug-likeness (QED) is 0.611. The van der Waals surface area contributed by atoms with E-state index in [4.69, 9.17) is 4.74 Å². The second-order valence-corrected chi connectivity index (χ2v) is 2.66. The van der Waals surface area contributed by atoms with Gasteiger partial charge in [0.05, 0.1) is 7.11 Å². The molecule has 0 atom stereocenters. The van der Waals surface area contributed by atoms with Crippen molar-refractivity contribution in [2.45, 2.75) is 11.8 Å². The minimum Gasteiger partial charge on any atom is -0.496 e. The number of thiol groups is 1. The van der Waals surface area contributed by atoms with Crippen LogP contribution in [0.1, 0.15) is 5.56 Å². The van der Waals surface area contributed by atoms with Gasteiger partial charge in [-0.3, -0.25) is 0 Å². The summed E-state index contributed by atoms with van der Waals surface area (Å²) in [6.07, 6.45) is 0. The molecule has 1 rings (SSSR count). The lowest BCUT2D eigenvalue weighted by molar-refractivity contribution is 0.404. The molecule has 0 aliphatic carbocycles. The van der Waals surface area contributed by atoms with Crippen molar-refractivity contribution >= 4 is 12.6 Å². The minimum atomic E-state index is 0.836. The van der Waals surface area contributed by atoms with E-state index in [1.165, 1.54) is 5.56 Å². The van der Waals surface area contributed by atoms with Crippen molar-refractivity contribution in [3.63, 3.8) is 0 Å². The molecule has 54 valence electrons. The molecule has 0 N–H and O–H groups in total. The van der Waals surface area contributed by atoms with Crippen LogP contribution in [-0.2, 0) is 0 Å². The summed E-state index contributed by atoms with van der Waals surface area (Å²) in [5.74, 6) is 0.836. The second kappa shape index (κ2) is 2.97. The van der Waals surface area contributed by atoms with Gasteiger partial charge >= 0.3 is 0 Å². The van der Waals surface area contributed by atoms with Gasteiger partial charge in [0.25, 0.3) is 0 Å². The maximum Gasteiger partial charge on any atom is 0.132 e. The van der Waals surface area contributed by atoms with E-state index in [2.05, 4.69) is 12.6 Å².